The molecule has 1 aliphatic heterocycles. The number of rotatable bonds is 5. The van der Waals surface area contributed by atoms with Crippen molar-refractivity contribution in [2.45, 2.75) is 6.10 Å². The van der Waals surface area contributed by atoms with Crippen LogP contribution in [0.1, 0.15) is 5.56 Å². The van der Waals surface area contributed by atoms with E-state index in [9.17, 15) is 14.9 Å². The van der Waals surface area contributed by atoms with Crippen molar-refractivity contribution in [2.24, 2.45) is 0 Å². The molecule has 1 aromatic heterocycles. The molecule has 4 rings (SSSR count). The summed E-state index contributed by atoms with van der Waals surface area (Å²) in [6, 6.07) is 17.7. The fourth-order valence-corrected chi connectivity index (χ4v) is 2.96. The zero-order chi connectivity index (χ0) is 19.5. The van der Waals surface area contributed by atoms with E-state index in [0.717, 1.165) is 16.5 Å². The summed E-state index contributed by atoms with van der Waals surface area (Å²) in [7, 11) is 0. The lowest BCUT2D eigenvalue weighted by atomic mass is 10.1. The summed E-state index contributed by atoms with van der Waals surface area (Å²) < 4.78 is 5.84. The first kappa shape index (κ1) is 17.7. The van der Waals surface area contributed by atoms with E-state index in [1.165, 1.54) is 18.2 Å². The highest BCUT2D eigenvalue weighted by molar-refractivity contribution is 5.92. The number of fused-ring (bicyclic) bond motifs is 1. The van der Waals surface area contributed by atoms with Gasteiger partial charge >= 0.3 is 0 Å². The minimum atomic E-state index is -0.455. The van der Waals surface area contributed by atoms with E-state index in [0.29, 0.717) is 19.0 Å². The highest BCUT2D eigenvalue weighted by Gasteiger charge is 2.31. The Hall–Kier alpha value is -3.74. The van der Waals surface area contributed by atoms with Gasteiger partial charge in [0, 0.05) is 29.7 Å². The Balaban J connectivity index is 1.30. The lowest BCUT2D eigenvalue weighted by Crippen LogP contribution is -2.55. The van der Waals surface area contributed by atoms with E-state index in [1.807, 2.05) is 36.4 Å². The van der Waals surface area contributed by atoms with Crippen LogP contribution in [0.15, 0.2) is 66.7 Å². The van der Waals surface area contributed by atoms with Gasteiger partial charge in [0.05, 0.1) is 23.5 Å². The monoisotopic (exact) mass is 375 g/mol. The number of non-ortho nitro benzene ring substituents is 1. The summed E-state index contributed by atoms with van der Waals surface area (Å²) in [5, 5.41) is 11.7. The van der Waals surface area contributed by atoms with Crippen molar-refractivity contribution in [2.75, 3.05) is 13.1 Å². The molecule has 0 atom stereocenters. The van der Waals surface area contributed by atoms with Crippen molar-refractivity contribution in [3.63, 3.8) is 0 Å². The number of aromatic nitrogens is 1. The number of hydrogen-bond acceptors (Lipinski definition) is 5. The molecule has 0 aliphatic carbocycles. The molecule has 2 heterocycles. The van der Waals surface area contributed by atoms with Gasteiger partial charge in [-0.1, -0.05) is 18.2 Å². The molecule has 0 spiro atoms. The van der Waals surface area contributed by atoms with Crippen molar-refractivity contribution >= 4 is 28.6 Å². The summed E-state index contributed by atoms with van der Waals surface area (Å²) in [5.41, 5.74) is 1.62. The number of ether oxygens (including phenoxy) is 1. The smallest absolute Gasteiger partial charge is 0.269 e. The van der Waals surface area contributed by atoms with Gasteiger partial charge in [-0.15, -0.1) is 0 Å². The van der Waals surface area contributed by atoms with E-state index in [-0.39, 0.29) is 17.7 Å². The van der Waals surface area contributed by atoms with Crippen molar-refractivity contribution < 1.29 is 14.5 Å². The molecule has 0 unspecified atom stereocenters. The third-order valence-electron chi connectivity index (χ3n) is 4.54. The fraction of sp³-hybridized carbons (Fsp3) is 0.143. The van der Waals surface area contributed by atoms with Crippen LogP contribution in [0.4, 0.5) is 5.69 Å². The Kier molecular flexibility index (Phi) is 4.72. The van der Waals surface area contributed by atoms with Crippen LogP contribution in [-0.2, 0) is 4.79 Å². The molecule has 1 aliphatic rings. The molecule has 1 saturated heterocycles. The molecule has 28 heavy (non-hydrogen) atoms. The van der Waals surface area contributed by atoms with E-state index in [4.69, 9.17) is 4.74 Å². The Labute approximate surface area is 161 Å². The van der Waals surface area contributed by atoms with Gasteiger partial charge in [0.2, 0.25) is 11.8 Å². The van der Waals surface area contributed by atoms with Crippen LogP contribution in [0.25, 0.3) is 17.0 Å². The second-order valence-corrected chi connectivity index (χ2v) is 6.51. The van der Waals surface area contributed by atoms with Crippen LogP contribution in [0.3, 0.4) is 0 Å². The fourth-order valence-electron chi connectivity index (χ4n) is 2.96. The maximum absolute atomic E-state index is 12.2. The number of pyridine rings is 1. The van der Waals surface area contributed by atoms with Gasteiger partial charge < -0.3 is 9.64 Å². The summed E-state index contributed by atoms with van der Waals surface area (Å²) in [6.45, 7) is 0.996. The van der Waals surface area contributed by atoms with Crippen molar-refractivity contribution in [3.05, 3.63) is 82.4 Å². The van der Waals surface area contributed by atoms with Gasteiger partial charge in [-0.2, -0.15) is 0 Å². The predicted octanol–water partition coefficient (Wildman–Crippen LogP) is 3.45. The van der Waals surface area contributed by atoms with Gasteiger partial charge in [-0.05, 0) is 35.9 Å². The average molecular weight is 375 g/mol. The normalized spacial score (nSPS) is 14.2. The minimum absolute atomic E-state index is 0.0218. The SMILES string of the molecule is O=C(/C=C/c1ccc([N+](=O)[O-])cc1)N1CC(Oc2ccc3ccccc3n2)C1. The summed E-state index contributed by atoms with van der Waals surface area (Å²) in [4.78, 5) is 28.6. The van der Waals surface area contributed by atoms with Gasteiger partial charge in [-0.3, -0.25) is 14.9 Å². The number of nitrogens with zero attached hydrogens (tertiary/aromatic N) is 3. The number of amides is 1. The molecular formula is C21H17N3O4. The predicted molar refractivity (Wildman–Crippen MR) is 105 cm³/mol. The average Bonchev–Trinajstić information content (AvgIpc) is 2.68. The second-order valence-electron chi connectivity index (χ2n) is 6.51. The molecule has 7 nitrogen and oxygen atoms in total. The molecule has 0 bridgehead atoms. The maximum Gasteiger partial charge on any atom is 0.269 e. The number of hydrogen-bond donors (Lipinski definition) is 0. The molecule has 1 fully saturated rings. The van der Waals surface area contributed by atoms with E-state index in [1.54, 1.807) is 23.1 Å². The largest absolute Gasteiger partial charge is 0.471 e. The minimum Gasteiger partial charge on any atom is -0.471 e. The quantitative estimate of drug-likeness (QED) is 0.387. The second kappa shape index (κ2) is 7.48. The number of benzene rings is 2. The lowest BCUT2D eigenvalue weighted by Gasteiger charge is -2.38. The van der Waals surface area contributed by atoms with E-state index < -0.39 is 4.92 Å². The molecule has 2 aromatic carbocycles. The van der Waals surface area contributed by atoms with Crippen LogP contribution in [0.5, 0.6) is 5.88 Å². The molecule has 3 aromatic rings. The lowest BCUT2D eigenvalue weighted by molar-refractivity contribution is -0.384. The number of nitro benzene ring substituents is 1. The van der Waals surface area contributed by atoms with Crippen LogP contribution in [0.2, 0.25) is 0 Å². The first-order chi connectivity index (χ1) is 13.6. The molecule has 7 heteroatoms. The standard InChI is InChI=1S/C21H17N3O4/c25-21(12-7-15-5-9-17(10-6-15)24(26)27)23-13-18(14-23)28-20-11-8-16-3-1-2-4-19(16)22-20/h1-12,18H,13-14H2/b12-7+. The molecule has 140 valence electrons. The van der Waals surface area contributed by atoms with Crippen molar-refractivity contribution in [1.82, 2.24) is 9.88 Å². The Morgan fingerprint density at radius 1 is 1.11 bits per heavy atom. The van der Waals surface area contributed by atoms with Crippen LogP contribution >= 0.6 is 0 Å². The maximum atomic E-state index is 12.2. The van der Waals surface area contributed by atoms with Gasteiger partial charge in [0.25, 0.3) is 5.69 Å². The third kappa shape index (κ3) is 3.83. The first-order valence-electron chi connectivity index (χ1n) is 8.82. The number of carbonyl (C=O) groups excluding carboxylic acids is 1. The number of nitro groups is 1. The zero-order valence-electron chi connectivity index (χ0n) is 14.9. The van der Waals surface area contributed by atoms with E-state index >= 15 is 0 Å². The number of para-hydroxylation sites is 1. The molecule has 0 N–H and O–H groups in total. The zero-order valence-corrected chi connectivity index (χ0v) is 14.9. The van der Waals surface area contributed by atoms with E-state index in [2.05, 4.69) is 4.98 Å². The number of carbonyl (C=O) groups is 1. The Morgan fingerprint density at radius 2 is 1.86 bits per heavy atom. The highest BCUT2D eigenvalue weighted by atomic mass is 16.6. The summed E-state index contributed by atoms with van der Waals surface area (Å²) in [5.74, 6) is 0.432. The van der Waals surface area contributed by atoms with Gasteiger partial charge in [-0.25, -0.2) is 4.98 Å². The van der Waals surface area contributed by atoms with Crippen LogP contribution < -0.4 is 4.74 Å². The summed E-state index contributed by atoms with van der Waals surface area (Å²) >= 11 is 0. The van der Waals surface area contributed by atoms with Crippen LogP contribution in [0, 0.1) is 10.1 Å². The molecular weight excluding hydrogens is 358 g/mol. The first-order valence-corrected chi connectivity index (χ1v) is 8.82. The molecule has 0 saturated carbocycles. The van der Waals surface area contributed by atoms with Crippen molar-refractivity contribution in [3.8, 4) is 5.88 Å². The summed E-state index contributed by atoms with van der Waals surface area (Å²) in [6.07, 6.45) is 3.03. The number of likely N-dealkylation sites (tertiary alicyclic amines) is 1. The highest BCUT2D eigenvalue weighted by Crippen LogP contribution is 2.20. The molecule has 0 radical (unpaired) electrons. The van der Waals surface area contributed by atoms with Crippen molar-refractivity contribution in [1.29, 1.82) is 0 Å². The topological polar surface area (TPSA) is 85.6 Å². The Bertz CT molecular complexity index is 1060. The Morgan fingerprint density at radius 3 is 2.61 bits per heavy atom. The van der Waals surface area contributed by atoms with Gasteiger partial charge in [0.15, 0.2) is 0 Å². The van der Waals surface area contributed by atoms with Gasteiger partial charge in [0.1, 0.15) is 6.10 Å². The van der Waals surface area contributed by atoms with Crippen LogP contribution in [-0.4, -0.2) is 39.9 Å². The third-order valence-corrected chi connectivity index (χ3v) is 4.54. The molecule has 1 amide bonds.